The molecule has 0 amide bonds. The molecule has 6 heteroatoms. The Morgan fingerprint density at radius 1 is 1.26 bits per heavy atom. The van der Waals surface area contributed by atoms with Gasteiger partial charge in [0.15, 0.2) is 5.96 Å². The van der Waals surface area contributed by atoms with Gasteiger partial charge in [0.05, 0.1) is 5.60 Å². The van der Waals surface area contributed by atoms with Crippen molar-refractivity contribution in [3.05, 3.63) is 0 Å². The van der Waals surface area contributed by atoms with Crippen LogP contribution < -0.4 is 10.6 Å². The van der Waals surface area contributed by atoms with Gasteiger partial charge in [-0.25, -0.2) is 0 Å². The third-order valence-electron chi connectivity index (χ3n) is 3.82. The van der Waals surface area contributed by atoms with Crippen molar-refractivity contribution in [2.24, 2.45) is 4.99 Å². The molecule has 2 heterocycles. The third-order valence-corrected chi connectivity index (χ3v) is 6.59. The van der Waals surface area contributed by atoms with Gasteiger partial charge in [-0.05, 0) is 37.7 Å². The lowest BCUT2D eigenvalue weighted by molar-refractivity contribution is 0.0724. The van der Waals surface area contributed by atoms with Crippen LogP contribution in [0.25, 0.3) is 0 Å². The Bertz CT molecular complexity index is 296. The minimum Gasteiger partial charge on any atom is -0.387 e. The highest BCUT2D eigenvalue weighted by molar-refractivity contribution is 8.00. The van der Waals surface area contributed by atoms with E-state index in [1.54, 1.807) is 7.05 Å². The van der Waals surface area contributed by atoms with Crippen LogP contribution in [0.4, 0.5) is 0 Å². The fourth-order valence-electron chi connectivity index (χ4n) is 2.45. The average Bonchev–Trinajstić information content (AvgIpc) is 3.00. The molecule has 2 rings (SSSR count). The van der Waals surface area contributed by atoms with Crippen molar-refractivity contribution in [1.29, 1.82) is 0 Å². The Morgan fingerprint density at radius 2 is 2.05 bits per heavy atom. The number of hydrogen-bond donors (Lipinski definition) is 3. The third kappa shape index (κ3) is 4.46. The fraction of sp³-hybridized carbons (Fsp3) is 0.923. The Balaban J connectivity index is 1.74. The number of guanidine groups is 1. The molecule has 2 aliphatic heterocycles. The Kier molecular flexibility index (Phi) is 5.31. The topological polar surface area (TPSA) is 56.7 Å². The molecule has 110 valence electrons. The molecule has 3 N–H and O–H groups in total. The summed E-state index contributed by atoms with van der Waals surface area (Å²) in [6.07, 6.45) is 3.45. The molecule has 19 heavy (non-hydrogen) atoms. The summed E-state index contributed by atoms with van der Waals surface area (Å²) in [6.45, 7) is 3.83. The molecule has 0 bridgehead atoms. The molecule has 2 saturated heterocycles. The number of thioether (sulfide) groups is 2. The van der Waals surface area contributed by atoms with Gasteiger partial charge < -0.3 is 15.7 Å². The summed E-state index contributed by atoms with van der Waals surface area (Å²) < 4.78 is 0.331. The van der Waals surface area contributed by atoms with Gasteiger partial charge in [0.25, 0.3) is 0 Å². The standard InChI is InChI=1S/C13H25N3OS2/c1-12(4-3-6-19-12)8-15-11(14-2)16-9-13(17)5-7-18-10-13/h17H,3-10H2,1-2H3,(H2,14,15,16). The summed E-state index contributed by atoms with van der Waals surface area (Å²) in [5, 5.41) is 16.9. The number of rotatable bonds is 4. The van der Waals surface area contributed by atoms with Gasteiger partial charge in [0, 0.05) is 30.6 Å². The summed E-state index contributed by atoms with van der Waals surface area (Å²) in [6, 6.07) is 0. The highest BCUT2D eigenvalue weighted by Gasteiger charge is 2.32. The predicted molar refractivity (Wildman–Crippen MR) is 86.4 cm³/mol. The highest BCUT2D eigenvalue weighted by atomic mass is 32.2. The molecule has 2 fully saturated rings. The van der Waals surface area contributed by atoms with E-state index in [4.69, 9.17) is 0 Å². The van der Waals surface area contributed by atoms with Crippen LogP contribution in [-0.2, 0) is 0 Å². The monoisotopic (exact) mass is 303 g/mol. The van der Waals surface area contributed by atoms with E-state index < -0.39 is 5.60 Å². The van der Waals surface area contributed by atoms with E-state index in [-0.39, 0.29) is 0 Å². The Labute approximate surface area is 124 Å². The van der Waals surface area contributed by atoms with Crippen LogP contribution in [0, 0.1) is 0 Å². The molecule has 0 radical (unpaired) electrons. The van der Waals surface area contributed by atoms with Crippen molar-refractivity contribution in [3.63, 3.8) is 0 Å². The van der Waals surface area contributed by atoms with Crippen LogP contribution in [0.3, 0.4) is 0 Å². The maximum absolute atomic E-state index is 10.3. The smallest absolute Gasteiger partial charge is 0.191 e. The minimum absolute atomic E-state index is 0.331. The Morgan fingerprint density at radius 3 is 2.63 bits per heavy atom. The van der Waals surface area contributed by atoms with E-state index in [0.717, 1.165) is 30.4 Å². The van der Waals surface area contributed by atoms with Gasteiger partial charge in [0.2, 0.25) is 0 Å². The average molecular weight is 303 g/mol. The SMILES string of the molecule is CN=C(NCC1(O)CCSC1)NCC1(C)CCCS1. The molecule has 0 saturated carbocycles. The first kappa shape index (κ1) is 15.3. The fourth-order valence-corrected chi connectivity index (χ4v) is 4.99. The van der Waals surface area contributed by atoms with Crippen molar-refractivity contribution in [1.82, 2.24) is 10.6 Å². The van der Waals surface area contributed by atoms with Crippen LogP contribution in [0.15, 0.2) is 4.99 Å². The zero-order valence-corrected chi connectivity index (χ0v) is 13.5. The first-order valence-corrected chi connectivity index (χ1v) is 9.08. The van der Waals surface area contributed by atoms with Crippen LogP contribution in [-0.4, -0.2) is 58.8 Å². The van der Waals surface area contributed by atoms with Gasteiger partial charge in [-0.2, -0.15) is 23.5 Å². The van der Waals surface area contributed by atoms with Crippen LogP contribution >= 0.6 is 23.5 Å². The molecular formula is C13H25N3OS2. The van der Waals surface area contributed by atoms with E-state index >= 15 is 0 Å². The van der Waals surface area contributed by atoms with E-state index in [0.29, 0.717) is 11.3 Å². The second-order valence-corrected chi connectivity index (χ2v) is 8.50. The summed E-state index contributed by atoms with van der Waals surface area (Å²) in [5.74, 6) is 3.95. The molecule has 0 aromatic heterocycles. The van der Waals surface area contributed by atoms with Gasteiger partial charge in [-0.15, -0.1) is 0 Å². The van der Waals surface area contributed by atoms with Gasteiger partial charge in [-0.3, -0.25) is 4.99 Å². The molecule has 0 aromatic carbocycles. The summed E-state index contributed by atoms with van der Waals surface area (Å²) in [5.41, 5.74) is -0.561. The number of nitrogens with zero attached hydrogens (tertiary/aromatic N) is 1. The van der Waals surface area contributed by atoms with Crippen LogP contribution in [0.2, 0.25) is 0 Å². The van der Waals surface area contributed by atoms with E-state index in [1.807, 2.05) is 23.5 Å². The van der Waals surface area contributed by atoms with E-state index in [9.17, 15) is 5.11 Å². The first-order chi connectivity index (χ1) is 9.05. The molecule has 2 atom stereocenters. The van der Waals surface area contributed by atoms with E-state index in [2.05, 4.69) is 22.5 Å². The lowest BCUT2D eigenvalue weighted by Gasteiger charge is -2.26. The second kappa shape index (κ2) is 6.59. The van der Waals surface area contributed by atoms with Crippen molar-refractivity contribution in [2.75, 3.05) is 37.4 Å². The molecular weight excluding hydrogens is 278 g/mol. The second-order valence-electron chi connectivity index (χ2n) is 5.71. The first-order valence-electron chi connectivity index (χ1n) is 6.94. The lowest BCUT2D eigenvalue weighted by atomic mass is 10.0. The zero-order chi connectivity index (χ0) is 13.8. The maximum Gasteiger partial charge on any atom is 0.191 e. The number of hydrogen-bond acceptors (Lipinski definition) is 4. The van der Waals surface area contributed by atoms with Crippen molar-refractivity contribution < 1.29 is 5.11 Å². The lowest BCUT2D eigenvalue weighted by Crippen LogP contribution is -2.49. The zero-order valence-electron chi connectivity index (χ0n) is 11.9. The summed E-state index contributed by atoms with van der Waals surface area (Å²) in [7, 11) is 1.78. The van der Waals surface area contributed by atoms with Crippen molar-refractivity contribution >= 4 is 29.5 Å². The largest absolute Gasteiger partial charge is 0.387 e. The van der Waals surface area contributed by atoms with Crippen LogP contribution in [0.5, 0.6) is 0 Å². The number of aliphatic imine (C=N–C) groups is 1. The van der Waals surface area contributed by atoms with Crippen LogP contribution in [0.1, 0.15) is 26.2 Å². The van der Waals surface area contributed by atoms with Gasteiger partial charge in [-0.1, -0.05) is 0 Å². The van der Waals surface area contributed by atoms with Gasteiger partial charge in [0.1, 0.15) is 0 Å². The van der Waals surface area contributed by atoms with Gasteiger partial charge >= 0.3 is 0 Å². The molecule has 0 spiro atoms. The molecule has 2 aliphatic rings. The Hall–Kier alpha value is -0.0700. The highest BCUT2D eigenvalue weighted by Crippen LogP contribution is 2.36. The summed E-state index contributed by atoms with van der Waals surface area (Å²) >= 11 is 3.86. The predicted octanol–water partition coefficient (Wildman–Crippen LogP) is 1.31. The minimum atomic E-state index is -0.561. The van der Waals surface area contributed by atoms with E-state index in [1.165, 1.54) is 18.6 Å². The molecule has 2 unspecified atom stereocenters. The quantitative estimate of drug-likeness (QED) is 0.540. The number of aliphatic hydroxyl groups is 1. The molecule has 4 nitrogen and oxygen atoms in total. The molecule has 0 aromatic rings. The summed E-state index contributed by atoms with van der Waals surface area (Å²) in [4.78, 5) is 4.24. The molecule has 0 aliphatic carbocycles. The normalized spacial score (nSPS) is 35.6. The maximum atomic E-state index is 10.3. The number of nitrogens with one attached hydrogen (secondary N) is 2. The van der Waals surface area contributed by atoms with Crippen molar-refractivity contribution in [2.45, 2.75) is 36.5 Å². The van der Waals surface area contributed by atoms with Crippen molar-refractivity contribution in [3.8, 4) is 0 Å².